The van der Waals surface area contributed by atoms with E-state index in [1.807, 2.05) is 36.8 Å². The van der Waals surface area contributed by atoms with Crippen LogP contribution in [0.25, 0.3) is 0 Å². The van der Waals surface area contributed by atoms with Gasteiger partial charge in [-0.05, 0) is 19.8 Å². The van der Waals surface area contributed by atoms with E-state index < -0.39 is 0 Å². The average Bonchev–Trinajstić information content (AvgIpc) is 3.17. The number of nitrogens with zero attached hydrogens (tertiary/aromatic N) is 4. The third kappa shape index (κ3) is 3.78. The first-order chi connectivity index (χ1) is 10.5. The molecular formula is C15H25IN6O. The Morgan fingerprint density at radius 3 is 2.74 bits per heavy atom. The van der Waals surface area contributed by atoms with Gasteiger partial charge in [-0.1, -0.05) is 0 Å². The molecule has 3 rings (SSSR count). The van der Waals surface area contributed by atoms with Crippen molar-refractivity contribution in [3.8, 4) is 0 Å². The number of aromatic nitrogens is 2. The third-order valence-corrected chi connectivity index (χ3v) is 4.71. The van der Waals surface area contributed by atoms with Gasteiger partial charge in [-0.15, -0.1) is 24.0 Å². The van der Waals surface area contributed by atoms with Crippen LogP contribution in [0.5, 0.6) is 0 Å². The fourth-order valence-corrected chi connectivity index (χ4v) is 3.08. The lowest BCUT2D eigenvalue weighted by Gasteiger charge is -2.24. The number of hydrogen-bond acceptors (Lipinski definition) is 3. The summed E-state index contributed by atoms with van der Waals surface area (Å²) in [6.07, 6.45) is 4.70. The molecule has 1 saturated heterocycles. The topological polar surface area (TPSA) is 88.5 Å². The number of nitrogens with one attached hydrogen (secondary N) is 1. The largest absolute Gasteiger partial charge is 0.370 e. The summed E-state index contributed by atoms with van der Waals surface area (Å²) in [5, 5.41) is 7.49. The van der Waals surface area contributed by atoms with Crippen LogP contribution in [0, 0.1) is 12.8 Å². The van der Waals surface area contributed by atoms with Gasteiger partial charge in [0.2, 0.25) is 5.91 Å². The molecule has 2 fully saturated rings. The maximum atomic E-state index is 12.1. The van der Waals surface area contributed by atoms with Crippen molar-refractivity contribution in [3.63, 3.8) is 0 Å². The van der Waals surface area contributed by atoms with E-state index in [1.54, 1.807) is 0 Å². The Labute approximate surface area is 153 Å². The fraction of sp³-hybridized carbons (Fsp3) is 0.667. The molecule has 2 aliphatic rings. The standard InChI is InChI=1S/C15H24N6O.HI/c1-9-12(8-18-21(9)3)14-10(6-13(22)20(14)2)7-17-15(16)19-11-4-5-11;/h8,10-11,14H,4-7H2,1-3H3,(H3,16,17,19);1H/t10-,14+;/m0./s1. The third-order valence-electron chi connectivity index (χ3n) is 4.71. The molecule has 23 heavy (non-hydrogen) atoms. The molecule has 7 nitrogen and oxygen atoms in total. The zero-order chi connectivity index (χ0) is 15.9. The van der Waals surface area contributed by atoms with E-state index in [2.05, 4.69) is 15.4 Å². The minimum absolute atomic E-state index is 0. The molecule has 1 aromatic heterocycles. The molecule has 0 bridgehead atoms. The van der Waals surface area contributed by atoms with Crippen LogP contribution in [0.4, 0.5) is 0 Å². The van der Waals surface area contributed by atoms with Crippen molar-refractivity contribution >= 4 is 35.8 Å². The minimum atomic E-state index is 0. The van der Waals surface area contributed by atoms with Gasteiger partial charge in [-0.3, -0.25) is 14.5 Å². The molecule has 3 N–H and O–H groups in total. The number of aryl methyl sites for hydroxylation is 1. The summed E-state index contributed by atoms with van der Waals surface area (Å²) < 4.78 is 1.84. The number of guanidine groups is 1. The van der Waals surface area contributed by atoms with E-state index in [-0.39, 0.29) is 41.8 Å². The second-order valence-corrected chi connectivity index (χ2v) is 6.37. The number of aliphatic imine (C=N–C) groups is 1. The summed E-state index contributed by atoms with van der Waals surface area (Å²) in [6, 6.07) is 0.520. The van der Waals surface area contributed by atoms with Gasteiger partial charge < -0.3 is 16.0 Å². The van der Waals surface area contributed by atoms with E-state index in [4.69, 9.17) is 5.73 Å². The molecule has 0 unspecified atom stereocenters. The van der Waals surface area contributed by atoms with Crippen LogP contribution >= 0.6 is 24.0 Å². The normalized spacial score (nSPS) is 24.7. The van der Waals surface area contributed by atoms with Crippen LogP contribution in [0.2, 0.25) is 0 Å². The van der Waals surface area contributed by atoms with Gasteiger partial charge in [0.05, 0.1) is 12.2 Å². The lowest BCUT2D eigenvalue weighted by molar-refractivity contribution is -0.127. The first kappa shape index (κ1) is 18.0. The number of carbonyl (C=O) groups excluding carboxylic acids is 1. The van der Waals surface area contributed by atoms with E-state index in [0.717, 1.165) is 11.3 Å². The van der Waals surface area contributed by atoms with Crippen molar-refractivity contribution in [2.45, 2.75) is 38.3 Å². The molecule has 0 aromatic carbocycles. The summed E-state index contributed by atoms with van der Waals surface area (Å²) in [5.74, 6) is 0.785. The molecule has 1 aliphatic heterocycles. The summed E-state index contributed by atoms with van der Waals surface area (Å²) in [6.45, 7) is 2.59. The molecule has 8 heteroatoms. The predicted octanol–water partition coefficient (Wildman–Crippen LogP) is 0.933. The maximum Gasteiger partial charge on any atom is 0.223 e. The molecule has 2 atom stereocenters. The zero-order valence-corrected chi connectivity index (χ0v) is 16.2. The van der Waals surface area contributed by atoms with Gasteiger partial charge in [-0.2, -0.15) is 5.10 Å². The monoisotopic (exact) mass is 432 g/mol. The number of likely N-dealkylation sites (tertiary alicyclic amines) is 1. The molecule has 1 aliphatic carbocycles. The minimum Gasteiger partial charge on any atom is -0.370 e. The summed E-state index contributed by atoms with van der Waals surface area (Å²) in [4.78, 5) is 18.4. The number of hydrogen-bond donors (Lipinski definition) is 2. The van der Waals surface area contributed by atoms with Gasteiger partial charge in [0.15, 0.2) is 5.96 Å². The van der Waals surface area contributed by atoms with Crippen molar-refractivity contribution in [1.82, 2.24) is 20.0 Å². The molecule has 0 radical (unpaired) electrons. The van der Waals surface area contributed by atoms with E-state index >= 15 is 0 Å². The smallest absolute Gasteiger partial charge is 0.223 e. The first-order valence-electron chi connectivity index (χ1n) is 7.78. The summed E-state index contributed by atoms with van der Waals surface area (Å²) in [7, 11) is 3.77. The molecule has 1 saturated carbocycles. The van der Waals surface area contributed by atoms with Gasteiger partial charge in [0.25, 0.3) is 0 Å². The van der Waals surface area contributed by atoms with Gasteiger partial charge >= 0.3 is 0 Å². The lowest BCUT2D eigenvalue weighted by Crippen LogP contribution is -2.34. The number of amides is 1. The van der Waals surface area contributed by atoms with Crippen molar-refractivity contribution in [3.05, 3.63) is 17.5 Å². The Morgan fingerprint density at radius 2 is 2.17 bits per heavy atom. The van der Waals surface area contributed by atoms with Crippen LogP contribution in [0.1, 0.15) is 36.6 Å². The highest BCUT2D eigenvalue weighted by Gasteiger charge is 2.39. The SMILES string of the molecule is Cc1c([C@H]2[C@H](CN=C(N)NC3CC3)CC(=O)N2C)cnn1C.I. The number of nitrogens with two attached hydrogens (primary N) is 1. The van der Waals surface area contributed by atoms with Crippen LogP contribution in [0.15, 0.2) is 11.2 Å². The lowest BCUT2D eigenvalue weighted by atomic mass is 9.94. The van der Waals surface area contributed by atoms with Crippen LogP contribution in [0.3, 0.4) is 0 Å². The highest BCUT2D eigenvalue weighted by Crippen LogP contribution is 2.38. The number of halogens is 1. The highest BCUT2D eigenvalue weighted by molar-refractivity contribution is 14.0. The summed E-state index contributed by atoms with van der Waals surface area (Å²) in [5.41, 5.74) is 8.09. The Morgan fingerprint density at radius 1 is 1.48 bits per heavy atom. The highest BCUT2D eigenvalue weighted by atomic mass is 127. The molecule has 128 valence electrons. The Bertz CT molecular complexity index is 609. The van der Waals surface area contributed by atoms with Gasteiger partial charge in [-0.25, -0.2) is 0 Å². The molecule has 0 spiro atoms. The van der Waals surface area contributed by atoms with E-state index in [9.17, 15) is 4.79 Å². The second kappa shape index (κ2) is 7.06. The van der Waals surface area contributed by atoms with Gasteiger partial charge in [0.1, 0.15) is 0 Å². The molecule has 2 heterocycles. The predicted molar refractivity (Wildman–Crippen MR) is 99.6 cm³/mol. The Balaban J connectivity index is 0.00000192. The van der Waals surface area contributed by atoms with Gasteiger partial charge in [0, 0.05) is 50.3 Å². The molecule has 1 amide bonds. The van der Waals surface area contributed by atoms with E-state index in [0.29, 0.717) is 25.0 Å². The summed E-state index contributed by atoms with van der Waals surface area (Å²) >= 11 is 0. The maximum absolute atomic E-state index is 12.1. The van der Waals surface area contributed by atoms with Crippen LogP contribution in [-0.4, -0.2) is 46.2 Å². The first-order valence-corrected chi connectivity index (χ1v) is 7.78. The van der Waals surface area contributed by atoms with Crippen molar-refractivity contribution in [1.29, 1.82) is 0 Å². The second-order valence-electron chi connectivity index (χ2n) is 6.37. The Hall–Kier alpha value is -1.32. The average molecular weight is 432 g/mol. The van der Waals surface area contributed by atoms with Crippen LogP contribution in [-0.2, 0) is 11.8 Å². The van der Waals surface area contributed by atoms with Crippen molar-refractivity contribution < 1.29 is 4.79 Å². The number of rotatable bonds is 4. The fourth-order valence-electron chi connectivity index (χ4n) is 3.08. The Kier molecular flexibility index (Phi) is 5.53. The van der Waals surface area contributed by atoms with Crippen LogP contribution < -0.4 is 11.1 Å². The quantitative estimate of drug-likeness (QED) is 0.421. The van der Waals surface area contributed by atoms with Crippen molar-refractivity contribution in [2.24, 2.45) is 23.7 Å². The molecular weight excluding hydrogens is 407 g/mol. The number of carbonyl (C=O) groups is 1. The molecule has 1 aromatic rings. The zero-order valence-electron chi connectivity index (χ0n) is 13.8. The van der Waals surface area contributed by atoms with E-state index in [1.165, 1.54) is 12.8 Å². The van der Waals surface area contributed by atoms with Crippen molar-refractivity contribution in [2.75, 3.05) is 13.6 Å².